The summed E-state index contributed by atoms with van der Waals surface area (Å²) in [5.41, 5.74) is 2.49. The van der Waals surface area contributed by atoms with Crippen molar-refractivity contribution in [2.24, 2.45) is 0 Å². The highest BCUT2D eigenvalue weighted by atomic mass is 32.2. The lowest BCUT2D eigenvalue weighted by Crippen LogP contribution is -2.02. The third-order valence-electron chi connectivity index (χ3n) is 3.55. The minimum atomic E-state index is 0.0861. The summed E-state index contributed by atoms with van der Waals surface area (Å²) >= 11 is 1.39. The molecule has 0 bridgehead atoms. The number of ketones is 1. The molecule has 1 aromatic heterocycles. The Hall–Kier alpha value is -2.66. The zero-order valence-electron chi connectivity index (χ0n) is 13.9. The van der Waals surface area contributed by atoms with Crippen molar-refractivity contribution in [1.29, 1.82) is 0 Å². The summed E-state index contributed by atoms with van der Waals surface area (Å²) in [5, 5.41) is 9.20. The number of aromatic nitrogens is 2. The largest absolute Gasteiger partial charge is 0.494 e. The van der Waals surface area contributed by atoms with E-state index in [0.29, 0.717) is 17.9 Å². The van der Waals surface area contributed by atoms with Crippen molar-refractivity contribution in [3.63, 3.8) is 0 Å². The Morgan fingerprint density at radius 2 is 1.72 bits per heavy atom. The molecule has 0 aliphatic carbocycles. The molecule has 2 aromatic carbocycles. The van der Waals surface area contributed by atoms with Crippen LogP contribution in [-0.2, 0) is 0 Å². The molecule has 0 unspecified atom stereocenters. The van der Waals surface area contributed by atoms with Crippen LogP contribution >= 0.6 is 11.8 Å². The van der Waals surface area contributed by atoms with Gasteiger partial charge in [-0.15, -0.1) is 10.2 Å². The van der Waals surface area contributed by atoms with Gasteiger partial charge in [-0.3, -0.25) is 4.79 Å². The first-order valence-electron chi connectivity index (χ1n) is 8.04. The van der Waals surface area contributed by atoms with Gasteiger partial charge in [-0.1, -0.05) is 42.1 Å². The molecule has 4 nitrogen and oxygen atoms in total. The van der Waals surface area contributed by atoms with Crippen molar-refractivity contribution in [2.45, 2.75) is 11.9 Å². The Kier molecular flexibility index (Phi) is 5.80. The fourth-order valence-electron chi connectivity index (χ4n) is 2.29. The second-order valence-corrected chi connectivity index (χ2v) is 6.29. The van der Waals surface area contributed by atoms with Gasteiger partial charge in [0.2, 0.25) is 0 Å². The number of thioether (sulfide) groups is 1. The number of Topliss-reactive ketones (excluding diaryl/α,β-unsaturated/α-hetero) is 1. The van der Waals surface area contributed by atoms with Crippen LogP contribution in [0, 0.1) is 0 Å². The van der Waals surface area contributed by atoms with Gasteiger partial charge >= 0.3 is 0 Å². The van der Waals surface area contributed by atoms with Gasteiger partial charge in [0, 0.05) is 11.1 Å². The van der Waals surface area contributed by atoms with E-state index in [1.54, 1.807) is 0 Å². The van der Waals surface area contributed by atoms with Crippen molar-refractivity contribution in [3.05, 3.63) is 72.3 Å². The molecule has 1 heterocycles. The zero-order valence-corrected chi connectivity index (χ0v) is 14.7. The Bertz CT molecular complexity index is 819. The summed E-state index contributed by atoms with van der Waals surface area (Å²) in [6.07, 6.45) is 0. The van der Waals surface area contributed by atoms with Crippen LogP contribution in [0.15, 0.2) is 71.8 Å². The van der Waals surface area contributed by atoms with Crippen LogP contribution in [0.1, 0.15) is 17.3 Å². The van der Waals surface area contributed by atoms with E-state index >= 15 is 0 Å². The lowest BCUT2D eigenvalue weighted by atomic mass is 10.1. The monoisotopic (exact) mass is 350 g/mol. The molecule has 0 spiro atoms. The number of benzene rings is 2. The van der Waals surface area contributed by atoms with Crippen molar-refractivity contribution < 1.29 is 9.53 Å². The zero-order chi connectivity index (χ0) is 17.5. The molecule has 3 rings (SSSR count). The van der Waals surface area contributed by atoms with Crippen LogP contribution in [0.25, 0.3) is 11.3 Å². The number of nitrogens with zero attached hydrogens (tertiary/aromatic N) is 2. The summed E-state index contributed by atoms with van der Waals surface area (Å²) in [7, 11) is 0. The Labute approximate surface area is 151 Å². The van der Waals surface area contributed by atoms with Crippen molar-refractivity contribution in [2.75, 3.05) is 12.4 Å². The van der Waals surface area contributed by atoms with Gasteiger partial charge in [-0.25, -0.2) is 0 Å². The van der Waals surface area contributed by atoms with Crippen LogP contribution in [0.5, 0.6) is 5.75 Å². The summed E-state index contributed by atoms with van der Waals surface area (Å²) in [4.78, 5) is 12.1. The second-order valence-electron chi connectivity index (χ2n) is 5.29. The molecule has 0 atom stereocenters. The predicted octanol–water partition coefficient (Wildman–Crippen LogP) is 4.52. The first-order valence-corrected chi connectivity index (χ1v) is 9.03. The normalized spacial score (nSPS) is 10.4. The van der Waals surface area contributed by atoms with E-state index in [9.17, 15) is 4.79 Å². The highest BCUT2D eigenvalue weighted by Crippen LogP contribution is 2.22. The minimum absolute atomic E-state index is 0.0861. The van der Waals surface area contributed by atoms with Gasteiger partial charge in [0.15, 0.2) is 5.78 Å². The maximum absolute atomic E-state index is 12.1. The molecule has 0 radical (unpaired) electrons. The fraction of sp³-hybridized carbons (Fsp3) is 0.150. The second kappa shape index (κ2) is 8.44. The Morgan fingerprint density at radius 1 is 0.960 bits per heavy atom. The van der Waals surface area contributed by atoms with E-state index in [2.05, 4.69) is 10.2 Å². The van der Waals surface area contributed by atoms with E-state index in [1.807, 2.05) is 73.7 Å². The lowest BCUT2D eigenvalue weighted by molar-refractivity contribution is 0.102. The van der Waals surface area contributed by atoms with Crippen LogP contribution in [0.3, 0.4) is 0 Å². The predicted molar refractivity (Wildman–Crippen MR) is 100 cm³/mol. The highest BCUT2D eigenvalue weighted by molar-refractivity contribution is 7.99. The molecule has 3 aromatic rings. The molecule has 0 saturated heterocycles. The number of rotatable bonds is 7. The molecule has 5 heteroatoms. The summed E-state index contributed by atoms with van der Waals surface area (Å²) in [5.74, 6) is 1.27. The molecular weight excluding hydrogens is 332 g/mol. The lowest BCUT2D eigenvalue weighted by Gasteiger charge is -2.05. The van der Waals surface area contributed by atoms with Crippen molar-refractivity contribution >= 4 is 17.5 Å². The van der Waals surface area contributed by atoms with E-state index in [0.717, 1.165) is 22.0 Å². The molecule has 0 fully saturated rings. The van der Waals surface area contributed by atoms with Gasteiger partial charge in [-0.05, 0) is 43.3 Å². The smallest absolute Gasteiger partial charge is 0.173 e. The standard InChI is InChI=1S/C20H18N2O2S/c1-2-24-17-10-8-15(9-11-17)18-12-13-20(22-21-18)25-14-19(23)16-6-4-3-5-7-16/h3-13H,2,14H2,1H3. The summed E-state index contributed by atoms with van der Waals surface area (Å²) in [6, 6.07) is 20.8. The maximum atomic E-state index is 12.1. The van der Waals surface area contributed by atoms with Crippen LogP contribution in [-0.4, -0.2) is 28.3 Å². The topological polar surface area (TPSA) is 52.1 Å². The van der Waals surface area contributed by atoms with E-state index in [4.69, 9.17) is 4.74 Å². The highest BCUT2D eigenvalue weighted by Gasteiger charge is 2.08. The number of ether oxygens (including phenoxy) is 1. The minimum Gasteiger partial charge on any atom is -0.494 e. The van der Waals surface area contributed by atoms with E-state index in [-0.39, 0.29) is 5.78 Å². The third kappa shape index (κ3) is 4.67. The average Bonchev–Trinajstić information content (AvgIpc) is 2.68. The Morgan fingerprint density at radius 3 is 2.36 bits per heavy atom. The molecule has 0 saturated carbocycles. The van der Waals surface area contributed by atoms with Crippen LogP contribution in [0.4, 0.5) is 0 Å². The van der Waals surface area contributed by atoms with Gasteiger partial charge in [0.25, 0.3) is 0 Å². The first kappa shape index (κ1) is 17.2. The molecule has 0 aliphatic rings. The van der Waals surface area contributed by atoms with Crippen molar-refractivity contribution in [1.82, 2.24) is 10.2 Å². The SMILES string of the molecule is CCOc1ccc(-c2ccc(SCC(=O)c3ccccc3)nn2)cc1. The van der Waals surface area contributed by atoms with E-state index in [1.165, 1.54) is 11.8 Å². The van der Waals surface area contributed by atoms with Crippen LogP contribution in [0.2, 0.25) is 0 Å². The molecule has 0 amide bonds. The maximum Gasteiger partial charge on any atom is 0.173 e. The average molecular weight is 350 g/mol. The molecule has 25 heavy (non-hydrogen) atoms. The van der Waals surface area contributed by atoms with Gasteiger partial charge in [-0.2, -0.15) is 0 Å². The number of hydrogen-bond acceptors (Lipinski definition) is 5. The molecule has 0 aliphatic heterocycles. The summed E-state index contributed by atoms with van der Waals surface area (Å²) in [6.45, 7) is 2.60. The molecule has 126 valence electrons. The van der Waals surface area contributed by atoms with Gasteiger partial charge < -0.3 is 4.74 Å². The van der Waals surface area contributed by atoms with Crippen molar-refractivity contribution in [3.8, 4) is 17.0 Å². The number of hydrogen-bond donors (Lipinski definition) is 0. The fourth-order valence-corrected chi connectivity index (χ4v) is 2.99. The molecular formula is C20H18N2O2S. The molecule has 0 N–H and O–H groups in total. The first-order chi connectivity index (χ1) is 12.3. The quantitative estimate of drug-likeness (QED) is 0.463. The Balaban J connectivity index is 1.61. The number of carbonyl (C=O) groups is 1. The van der Waals surface area contributed by atoms with Gasteiger partial charge in [0.1, 0.15) is 10.8 Å². The number of carbonyl (C=O) groups excluding carboxylic acids is 1. The third-order valence-corrected chi connectivity index (χ3v) is 4.47. The van der Waals surface area contributed by atoms with E-state index < -0.39 is 0 Å². The summed E-state index contributed by atoms with van der Waals surface area (Å²) < 4.78 is 5.44. The van der Waals surface area contributed by atoms with Gasteiger partial charge in [0.05, 0.1) is 18.1 Å². The van der Waals surface area contributed by atoms with Crippen LogP contribution < -0.4 is 4.74 Å².